The summed E-state index contributed by atoms with van der Waals surface area (Å²) in [6, 6.07) is 4.63. The van der Waals surface area contributed by atoms with Gasteiger partial charge in [0, 0.05) is 17.6 Å². The molecular formula is C20H29N3O6S. The molecule has 0 saturated heterocycles. The van der Waals surface area contributed by atoms with Crippen molar-refractivity contribution in [2.45, 2.75) is 46.7 Å². The zero-order valence-corrected chi connectivity index (χ0v) is 18.5. The van der Waals surface area contributed by atoms with E-state index in [9.17, 15) is 18.0 Å². The van der Waals surface area contributed by atoms with Gasteiger partial charge >= 0.3 is 6.09 Å². The van der Waals surface area contributed by atoms with E-state index in [1.54, 1.807) is 12.1 Å². The van der Waals surface area contributed by atoms with E-state index >= 15 is 0 Å². The first-order valence-corrected chi connectivity index (χ1v) is 11.7. The molecule has 0 aliphatic rings. The summed E-state index contributed by atoms with van der Waals surface area (Å²) < 4.78 is 33.2. The van der Waals surface area contributed by atoms with Gasteiger partial charge in [-0.15, -0.1) is 0 Å². The maximum atomic E-state index is 13.2. The lowest BCUT2D eigenvalue weighted by Crippen LogP contribution is -2.31. The van der Waals surface area contributed by atoms with Crippen LogP contribution in [0.5, 0.6) is 5.75 Å². The average Bonchev–Trinajstić information content (AvgIpc) is 2.62. The first-order chi connectivity index (χ1) is 14.0. The van der Waals surface area contributed by atoms with Gasteiger partial charge in [-0.05, 0) is 30.5 Å². The fraction of sp³-hybridized carbons (Fsp3) is 0.500. The molecule has 3 N–H and O–H groups in total. The van der Waals surface area contributed by atoms with Crippen molar-refractivity contribution < 1.29 is 23.1 Å². The fourth-order valence-electron chi connectivity index (χ4n) is 3.12. The largest absolute Gasteiger partial charge is 0.491 e. The summed E-state index contributed by atoms with van der Waals surface area (Å²) in [6.45, 7) is 6.60. The average molecular weight is 440 g/mol. The van der Waals surface area contributed by atoms with Crippen LogP contribution in [-0.2, 0) is 23.1 Å². The molecule has 0 aliphatic heterocycles. The van der Waals surface area contributed by atoms with Crippen molar-refractivity contribution in [1.29, 1.82) is 0 Å². The number of nitrogens with zero attached hydrogens (tertiary/aromatic N) is 1. The van der Waals surface area contributed by atoms with Crippen molar-refractivity contribution in [3.05, 3.63) is 34.2 Å². The van der Waals surface area contributed by atoms with E-state index in [1.807, 2.05) is 20.8 Å². The molecule has 0 bridgehead atoms. The lowest BCUT2D eigenvalue weighted by Gasteiger charge is -2.21. The normalized spacial score (nSPS) is 11.6. The van der Waals surface area contributed by atoms with Crippen molar-refractivity contribution in [2.75, 3.05) is 17.6 Å². The minimum atomic E-state index is -3.51. The van der Waals surface area contributed by atoms with Crippen LogP contribution < -0.4 is 20.3 Å². The van der Waals surface area contributed by atoms with Gasteiger partial charge in [0.1, 0.15) is 5.75 Å². The number of hydrogen-bond acceptors (Lipinski definition) is 5. The van der Waals surface area contributed by atoms with Crippen LogP contribution in [0.3, 0.4) is 0 Å². The second-order valence-electron chi connectivity index (χ2n) is 7.58. The Morgan fingerprint density at radius 3 is 2.53 bits per heavy atom. The number of nitrogens with one attached hydrogen (secondary N) is 2. The van der Waals surface area contributed by atoms with Crippen LogP contribution in [0.25, 0.3) is 10.8 Å². The van der Waals surface area contributed by atoms with Gasteiger partial charge in [-0.3, -0.25) is 9.52 Å². The fourth-order valence-corrected chi connectivity index (χ4v) is 3.67. The Balaban J connectivity index is 2.78. The highest BCUT2D eigenvalue weighted by Crippen LogP contribution is 2.31. The van der Waals surface area contributed by atoms with E-state index in [-0.39, 0.29) is 18.0 Å². The molecule has 1 amide bonds. The number of rotatable bonds is 10. The van der Waals surface area contributed by atoms with Crippen LogP contribution in [-0.4, -0.2) is 37.0 Å². The summed E-state index contributed by atoms with van der Waals surface area (Å²) in [7, 11) is -3.51. The van der Waals surface area contributed by atoms with Gasteiger partial charge in [-0.2, -0.15) is 0 Å². The Labute approximate surface area is 176 Å². The molecule has 2 rings (SSSR count). The van der Waals surface area contributed by atoms with Crippen LogP contribution >= 0.6 is 0 Å². The van der Waals surface area contributed by atoms with Gasteiger partial charge in [-0.1, -0.05) is 27.2 Å². The van der Waals surface area contributed by atoms with E-state index in [0.717, 1.165) is 19.1 Å². The van der Waals surface area contributed by atoms with Crippen LogP contribution in [0.2, 0.25) is 0 Å². The van der Waals surface area contributed by atoms with Crippen molar-refractivity contribution in [1.82, 2.24) is 9.88 Å². The molecule has 30 heavy (non-hydrogen) atoms. The highest BCUT2D eigenvalue weighted by molar-refractivity contribution is 7.92. The maximum Gasteiger partial charge on any atom is 0.404 e. The van der Waals surface area contributed by atoms with Gasteiger partial charge in [-0.25, -0.2) is 13.2 Å². The summed E-state index contributed by atoms with van der Waals surface area (Å²) in [5.41, 5.74) is 0.425. The first kappa shape index (κ1) is 23.5. The molecule has 9 nitrogen and oxygen atoms in total. The van der Waals surface area contributed by atoms with E-state index in [1.165, 1.54) is 10.6 Å². The molecule has 166 valence electrons. The van der Waals surface area contributed by atoms with E-state index in [2.05, 4.69) is 10.0 Å². The Hall–Kier alpha value is -2.75. The molecule has 0 unspecified atom stereocenters. The first-order valence-electron chi connectivity index (χ1n) is 9.80. The highest BCUT2D eigenvalue weighted by Gasteiger charge is 2.20. The summed E-state index contributed by atoms with van der Waals surface area (Å²) in [5.74, 6) is 0.517. The van der Waals surface area contributed by atoms with Gasteiger partial charge in [0.25, 0.3) is 5.56 Å². The number of carboxylic acid groups (broad SMARTS) is 1. The number of anilines is 1. The molecule has 0 fully saturated rings. The number of fused-ring (bicyclic) bond motifs is 1. The predicted octanol–water partition coefficient (Wildman–Crippen LogP) is 2.98. The Morgan fingerprint density at radius 1 is 1.27 bits per heavy atom. The van der Waals surface area contributed by atoms with E-state index < -0.39 is 16.1 Å². The molecule has 2 aromatic rings. The molecule has 0 spiro atoms. The lowest BCUT2D eigenvalue weighted by molar-refractivity contribution is 0.193. The van der Waals surface area contributed by atoms with Gasteiger partial charge in [0.05, 0.1) is 30.5 Å². The number of carbonyl (C=O) groups is 1. The topological polar surface area (TPSA) is 127 Å². The van der Waals surface area contributed by atoms with Crippen LogP contribution in [0, 0.1) is 5.92 Å². The summed E-state index contributed by atoms with van der Waals surface area (Å²) in [4.78, 5) is 24.3. The van der Waals surface area contributed by atoms with Gasteiger partial charge in [0.15, 0.2) is 0 Å². The Kier molecular flexibility index (Phi) is 7.71. The number of hydrogen-bond donors (Lipinski definition) is 3. The summed E-state index contributed by atoms with van der Waals surface area (Å²) in [5, 5.41) is 12.2. The lowest BCUT2D eigenvalue weighted by atomic mass is 10.1. The third kappa shape index (κ3) is 6.12. The monoisotopic (exact) mass is 439 g/mol. The van der Waals surface area contributed by atoms with Gasteiger partial charge in [0.2, 0.25) is 10.0 Å². The molecule has 0 aliphatic carbocycles. The highest BCUT2D eigenvalue weighted by atomic mass is 32.2. The molecule has 1 aromatic heterocycles. The van der Waals surface area contributed by atoms with Crippen LogP contribution in [0.4, 0.5) is 10.5 Å². The van der Waals surface area contributed by atoms with Crippen molar-refractivity contribution in [2.24, 2.45) is 5.92 Å². The zero-order chi connectivity index (χ0) is 22.5. The van der Waals surface area contributed by atoms with Crippen molar-refractivity contribution >= 4 is 32.6 Å². The number of pyridine rings is 1. The molecule has 1 heterocycles. The molecule has 10 heteroatoms. The standard InChI is InChI=1S/C20H29N3O6S/c1-5-6-9-29-18-16-10-14(22-30(4,27)28)7-8-15(16)19(24)23(12-13(2)3)17(18)11-21-20(25)26/h7-8,10,13,21-22H,5-6,9,11-12H2,1-4H3,(H,25,26). The number of unbranched alkanes of at least 4 members (excludes halogenated alkanes) is 1. The van der Waals surface area contributed by atoms with E-state index in [0.29, 0.717) is 41.1 Å². The molecule has 0 saturated carbocycles. The second-order valence-corrected chi connectivity index (χ2v) is 9.33. The Bertz CT molecular complexity index is 1080. The SMILES string of the molecule is CCCCOc1c(CNC(=O)O)n(CC(C)C)c(=O)c2ccc(NS(C)(=O)=O)cc12. The number of benzene rings is 1. The molecule has 0 radical (unpaired) electrons. The summed E-state index contributed by atoms with van der Waals surface area (Å²) >= 11 is 0. The molecular weight excluding hydrogens is 410 g/mol. The molecule has 1 aromatic carbocycles. The zero-order valence-electron chi connectivity index (χ0n) is 17.7. The minimum absolute atomic E-state index is 0.113. The number of amides is 1. The van der Waals surface area contributed by atoms with E-state index in [4.69, 9.17) is 9.84 Å². The summed E-state index contributed by atoms with van der Waals surface area (Å²) in [6.07, 6.45) is 1.50. The quantitative estimate of drug-likeness (QED) is 0.489. The maximum absolute atomic E-state index is 13.2. The van der Waals surface area contributed by atoms with Crippen LogP contribution in [0.1, 0.15) is 39.3 Å². The Morgan fingerprint density at radius 2 is 1.97 bits per heavy atom. The smallest absolute Gasteiger partial charge is 0.404 e. The van der Waals surface area contributed by atoms with Crippen LogP contribution in [0.15, 0.2) is 23.0 Å². The minimum Gasteiger partial charge on any atom is -0.491 e. The third-order valence-electron chi connectivity index (χ3n) is 4.33. The number of aromatic nitrogens is 1. The van der Waals surface area contributed by atoms with Crippen molar-refractivity contribution in [3.63, 3.8) is 0 Å². The number of ether oxygens (including phenoxy) is 1. The van der Waals surface area contributed by atoms with Gasteiger partial charge < -0.3 is 19.7 Å². The third-order valence-corrected chi connectivity index (χ3v) is 4.94. The molecule has 0 atom stereocenters. The number of sulfonamides is 1. The predicted molar refractivity (Wildman–Crippen MR) is 117 cm³/mol. The second kappa shape index (κ2) is 9.84. The van der Waals surface area contributed by atoms with Crippen molar-refractivity contribution in [3.8, 4) is 5.75 Å².